The SMILES string of the molecule is C=C(C)C1=C(C(=C)C)C(CC)C(C)C1C.CC.CC. The van der Waals surface area contributed by atoms with E-state index in [1.807, 2.05) is 27.7 Å². The van der Waals surface area contributed by atoms with Crippen molar-refractivity contribution >= 4 is 0 Å². The second-order valence-corrected chi connectivity index (χ2v) is 5.05. The van der Waals surface area contributed by atoms with Crippen molar-refractivity contribution in [3.63, 3.8) is 0 Å². The third-order valence-corrected chi connectivity index (χ3v) is 3.90. The van der Waals surface area contributed by atoms with Crippen LogP contribution >= 0.6 is 0 Å². The maximum absolute atomic E-state index is 4.14. The molecule has 0 aromatic heterocycles. The van der Waals surface area contributed by atoms with Gasteiger partial charge >= 0.3 is 0 Å². The molecule has 0 radical (unpaired) electrons. The minimum Gasteiger partial charge on any atom is -0.0958 e. The molecule has 1 aliphatic rings. The lowest BCUT2D eigenvalue weighted by molar-refractivity contribution is 0.363. The van der Waals surface area contributed by atoms with Gasteiger partial charge in [0.2, 0.25) is 0 Å². The zero-order chi connectivity index (χ0) is 15.7. The van der Waals surface area contributed by atoms with Gasteiger partial charge in [-0.15, -0.1) is 0 Å². The fourth-order valence-electron chi connectivity index (χ4n) is 3.06. The molecule has 1 rings (SSSR count). The number of hydrogen-bond acceptors (Lipinski definition) is 0. The summed E-state index contributed by atoms with van der Waals surface area (Å²) in [5.74, 6) is 2.05. The van der Waals surface area contributed by atoms with E-state index in [0.29, 0.717) is 11.8 Å². The summed E-state index contributed by atoms with van der Waals surface area (Å²) >= 11 is 0. The second-order valence-electron chi connectivity index (χ2n) is 5.05. The summed E-state index contributed by atoms with van der Waals surface area (Å²) in [4.78, 5) is 0. The van der Waals surface area contributed by atoms with Crippen LogP contribution in [-0.2, 0) is 0 Å². The molecule has 0 bridgehead atoms. The van der Waals surface area contributed by atoms with Gasteiger partial charge in [-0.05, 0) is 49.2 Å². The summed E-state index contributed by atoms with van der Waals surface area (Å²) in [6.07, 6.45) is 1.21. The van der Waals surface area contributed by atoms with Crippen LogP contribution in [0.2, 0.25) is 0 Å². The maximum Gasteiger partial charge on any atom is -0.0128 e. The highest BCUT2D eigenvalue weighted by atomic mass is 14.4. The number of rotatable bonds is 3. The highest BCUT2D eigenvalue weighted by molar-refractivity contribution is 5.48. The summed E-state index contributed by atoms with van der Waals surface area (Å²) in [5, 5.41) is 0. The summed E-state index contributed by atoms with van der Waals surface area (Å²) in [6, 6.07) is 0. The van der Waals surface area contributed by atoms with Crippen LogP contribution in [0.1, 0.15) is 68.7 Å². The third-order valence-electron chi connectivity index (χ3n) is 3.90. The molecule has 0 saturated heterocycles. The Morgan fingerprint density at radius 3 is 1.53 bits per heavy atom. The third kappa shape index (κ3) is 4.67. The predicted octanol–water partition coefficient (Wildman–Crippen LogP) is 6.80. The fourth-order valence-corrected chi connectivity index (χ4v) is 3.06. The van der Waals surface area contributed by atoms with Crippen molar-refractivity contribution in [1.82, 2.24) is 0 Å². The van der Waals surface area contributed by atoms with Crippen molar-refractivity contribution < 1.29 is 0 Å². The van der Waals surface area contributed by atoms with Gasteiger partial charge in [-0.1, -0.05) is 72.8 Å². The minimum atomic E-state index is 0.638. The first-order valence-electron chi connectivity index (χ1n) is 7.97. The Bertz CT molecular complexity index is 317. The van der Waals surface area contributed by atoms with Crippen molar-refractivity contribution in [3.8, 4) is 0 Å². The molecule has 0 fully saturated rings. The van der Waals surface area contributed by atoms with Gasteiger partial charge in [0.15, 0.2) is 0 Å². The van der Waals surface area contributed by atoms with Crippen LogP contribution < -0.4 is 0 Å². The van der Waals surface area contributed by atoms with Crippen LogP contribution in [-0.4, -0.2) is 0 Å². The Morgan fingerprint density at radius 2 is 1.26 bits per heavy atom. The average molecular weight is 264 g/mol. The first-order valence-corrected chi connectivity index (χ1v) is 7.97. The van der Waals surface area contributed by atoms with Crippen molar-refractivity contribution in [3.05, 3.63) is 35.5 Å². The monoisotopic (exact) mass is 264 g/mol. The predicted molar refractivity (Wildman–Crippen MR) is 91.5 cm³/mol. The largest absolute Gasteiger partial charge is 0.0958 e. The molecule has 0 spiro atoms. The number of hydrogen-bond donors (Lipinski definition) is 0. The van der Waals surface area contributed by atoms with Gasteiger partial charge in [0, 0.05) is 0 Å². The molecular weight excluding hydrogens is 228 g/mol. The van der Waals surface area contributed by atoms with Crippen LogP contribution in [0.5, 0.6) is 0 Å². The van der Waals surface area contributed by atoms with Gasteiger partial charge in [-0.2, -0.15) is 0 Å². The zero-order valence-electron chi connectivity index (χ0n) is 14.9. The molecule has 3 unspecified atom stereocenters. The molecular formula is C19H36. The Kier molecular flexibility index (Phi) is 10.9. The molecule has 0 aliphatic heterocycles. The molecule has 0 heterocycles. The Morgan fingerprint density at radius 1 is 0.895 bits per heavy atom. The maximum atomic E-state index is 4.14. The van der Waals surface area contributed by atoms with Crippen molar-refractivity contribution in [2.75, 3.05) is 0 Å². The average Bonchev–Trinajstić information content (AvgIpc) is 2.67. The van der Waals surface area contributed by atoms with E-state index in [1.54, 1.807) is 0 Å². The molecule has 0 N–H and O–H groups in total. The molecule has 0 saturated carbocycles. The zero-order valence-corrected chi connectivity index (χ0v) is 14.9. The van der Waals surface area contributed by atoms with Crippen LogP contribution in [0.25, 0.3) is 0 Å². The lowest BCUT2D eigenvalue weighted by Gasteiger charge is -2.20. The summed E-state index contributed by atoms with van der Waals surface area (Å²) < 4.78 is 0. The lowest BCUT2D eigenvalue weighted by atomic mass is 9.85. The molecule has 0 amide bonds. The van der Waals surface area contributed by atoms with E-state index in [9.17, 15) is 0 Å². The Balaban J connectivity index is 0. The van der Waals surface area contributed by atoms with Gasteiger partial charge in [-0.25, -0.2) is 0 Å². The second kappa shape index (κ2) is 10.1. The normalized spacial score (nSPS) is 25.0. The van der Waals surface area contributed by atoms with E-state index in [-0.39, 0.29) is 0 Å². The van der Waals surface area contributed by atoms with E-state index in [1.165, 1.54) is 28.7 Å². The molecule has 0 nitrogen and oxygen atoms in total. The van der Waals surface area contributed by atoms with Gasteiger partial charge in [0.25, 0.3) is 0 Å². The van der Waals surface area contributed by atoms with Crippen molar-refractivity contribution in [1.29, 1.82) is 0 Å². The molecule has 112 valence electrons. The Labute approximate surface area is 122 Å². The van der Waals surface area contributed by atoms with E-state index in [2.05, 4.69) is 47.8 Å². The van der Waals surface area contributed by atoms with Crippen LogP contribution in [0.15, 0.2) is 35.5 Å². The molecule has 1 aliphatic carbocycles. The summed E-state index contributed by atoms with van der Waals surface area (Å²) in [6.45, 7) is 27.5. The quantitative estimate of drug-likeness (QED) is 0.526. The van der Waals surface area contributed by atoms with Crippen LogP contribution in [0.3, 0.4) is 0 Å². The number of allylic oxidation sites excluding steroid dienone is 4. The van der Waals surface area contributed by atoms with Crippen LogP contribution in [0, 0.1) is 17.8 Å². The summed E-state index contributed by atoms with van der Waals surface area (Å²) in [7, 11) is 0. The van der Waals surface area contributed by atoms with Gasteiger partial charge < -0.3 is 0 Å². The van der Waals surface area contributed by atoms with E-state index < -0.39 is 0 Å². The van der Waals surface area contributed by atoms with Crippen molar-refractivity contribution in [2.45, 2.75) is 68.7 Å². The summed E-state index contributed by atoms with van der Waals surface area (Å²) in [5.41, 5.74) is 5.42. The van der Waals surface area contributed by atoms with Gasteiger partial charge in [0.05, 0.1) is 0 Å². The lowest BCUT2D eigenvalue weighted by Crippen LogP contribution is -2.12. The van der Waals surface area contributed by atoms with Crippen LogP contribution in [0.4, 0.5) is 0 Å². The molecule has 0 aromatic carbocycles. The standard InChI is InChI=1S/C15H24.2C2H6/c1-8-13-11(6)12(7)14(9(2)3)15(13)10(4)5;2*1-2/h11-13H,2,4,8H2,1,3,5-7H3;2*1-2H3. The smallest absolute Gasteiger partial charge is 0.0128 e. The Hall–Kier alpha value is -0.780. The fraction of sp³-hybridized carbons (Fsp3) is 0.684. The highest BCUT2D eigenvalue weighted by Gasteiger charge is 2.36. The molecule has 19 heavy (non-hydrogen) atoms. The van der Waals surface area contributed by atoms with E-state index >= 15 is 0 Å². The first kappa shape index (κ1) is 20.5. The van der Waals surface area contributed by atoms with Gasteiger partial charge in [0.1, 0.15) is 0 Å². The van der Waals surface area contributed by atoms with Gasteiger partial charge in [-0.3, -0.25) is 0 Å². The van der Waals surface area contributed by atoms with E-state index in [0.717, 1.165) is 5.92 Å². The van der Waals surface area contributed by atoms with Crippen molar-refractivity contribution in [2.24, 2.45) is 17.8 Å². The first-order chi connectivity index (χ1) is 8.91. The minimum absolute atomic E-state index is 0.638. The molecule has 0 heteroatoms. The molecule has 3 atom stereocenters. The van der Waals surface area contributed by atoms with E-state index in [4.69, 9.17) is 0 Å². The molecule has 0 aromatic rings. The topological polar surface area (TPSA) is 0 Å². The highest BCUT2D eigenvalue weighted by Crippen LogP contribution is 2.47.